The maximum atomic E-state index is 12.8. The number of rotatable bonds is 9. The predicted octanol–water partition coefficient (Wildman–Crippen LogP) is 5.23. The summed E-state index contributed by atoms with van der Waals surface area (Å²) in [5, 5.41) is 3.16. The van der Waals surface area contributed by atoms with Gasteiger partial charge >= 0.3 is 0 Å². The molecule has 0 aliphatic rings. The summed E-state index contributed by atoms with van der Waals surface area (Å²) in [6, 6.07) is 20.1. The summed E-state index contributed by atoms with van der Waals surface area (Å²) >= 11 is 0. The van der Waals surface area contributed by atoms with E-state index in [0.717, 1.165) is 42.2 Å². The van der Waals surface area contributed by atoms with Crippen LogP contribution in [0, 0.1) is 0 Å². The summed E-state index contributed by atoms with van der Waals surface area (Å²) < 4.78 is 6.73. The Morgan fingerprint density at radius 1 is 1.03 bits per heavy atom. The molecule has 6 nitrogen and oxygen atoms in total. The van der Waals surface area contributed by atoms with Gasteiger partial charge in [0.05, 0.1) is 18.5 Å². The van der Waals surface area contributed by atoms with Crippen molar-refractivity contribution in [2.45, 2.75) is 46.2 Å². The van der Waals surface area contributed by atoms with Crippen LogP contribution in [0.2, 0.25) is 0 Å². The Hall–Kier alpha value is -3.38. The lowest BCUT2D eigenvalue weighted by molar-refractivity contribution is 0.254. The van der Waals surface area contributed by atoms with Gasteiger partial charge in [-0.25, -0.2) is 9.50 Å². The average Bonchev–Trinajstić information content (AvgIpc) is 3.24. The highest BCUT2D eigenvalue weighted by Gasteiger charge is 2.12. The van der Waals surface area contributed by atoms with Crippen LogP contribution in [-0.4, -0.2) is 33.2 Å². The predicted molar refractivity (Wildman–Crippen MR) is 133 cm³/mol. The molecule has 1 N–H and O–H groups in total. The van der Waals surface area contributed by atoms with Crippen LogP contribution in [0.15, 0.2) is 65.5 Å². The molecular weight excluding hydrogens is 412 g/mol. The Balaban J connectivity index is 1.56. The first-order chi connectivity index (χ1) is 16.0. The minimum Gasteiger partial charge on any atom is -0.497 e. The standard InChI is InChI=1S/C27H32N4O2/c1-5-14-30(17-20-6-8-21(9-7-20)19(2)3)18-23-15-27(32)31-26(28-23)16-25(29-31)22-10-12-24(33-4)13-11-22/h6-13,15-16,19,29H,5,14,17-18H2,1-4H3. The zero-order valence-electron chi connectivity index (χ0n) is 19.8. The van der Waals surface area contributed by atoms with Crippen molar-refractivity contribution in [2.75, 3.05) is 13.7 Å². The van der Waals surface area contributed by atoms with Crippen LogP contribution in [0.4, 0.5) is 0 Å². The van der Waals surface area contributed by atoms with E-state index in [1.54, 1.807) is 13.2 Å². The largest absolute Gasteiger partial charge is 0.497 e. The first kappa shape index (κ1) is 22.8. The molecule has 0 saturated heterocycles. The molecule has 2 heterocycles. The highest BCUT2D eigenvalue weighted by Crippen LogP contribution is 2.22. The number of nitrogens with zero attached hydrogens (tertiary/aromatic N) is 3. The summed E-state index contributed by atoms with van der Waals surface area (Å²) in [6.07, 6.45) is 1.04. The number of aromatic nitrogens is 3. The van der Waals surface area contributed by atoms with E-state index in [4.69, 9.17) is 9.72 Å². The Morgan fingerprint density at radius 3 is 2.39 bits per heavy atom. The van der Waals surface area contributed by atoms with Crippen molar-refractivity contribution >= 4 is 5.65 Å². The second-order valence-electron chi connectivity index (χ2n) is 8.78. The van der Waals surface area contributed by atoms with Gasteiger partial charge in [0.2, 0.25) is 0 Å². The van der Waals surface area contributed by atoms with Gasteiger partial charge in [-0.3, -0.25) is 14.8 Å². The van der Waals surface area contributed by atoms with E-state index in [-0.39, 0.29) is 5.56 Å². The van der Waals surface area contributed by atoms with Gasteiger partial charge in [0, 0.05) is 25.2 Å². The highest BCUT2D eigenvalue weighted by atomic mass is 16.5. The number of methoxy groups -OCH3 is 1. The van der Waals surface area contributed by atoms with Crippen LogP contribution in [0.1, 0.15) is 49.9 Å². The summed E-state index contributed by atoms with van der Waals surface area (Å²) in [7, 11) is 1.64. The molecule has 4 aromatic rings. The normalized spacial score (nSPS) is 11.6. The van der Waals surface area contributed by atoms with Crippen molar-refractivity contribution in [2.24, 2.45) is 0 Å². The van der Waals surface area contributed by atoms with Crippen LogP contribution in [0.5, 0.6) is 5.75 Å². The number of H-pyrrole nitrogens is 1. The number of ether oxygens (including phenoxy) is 1. The molecule has 0 saturated carbocycles. The molecule has 0 bridgehead atoms. The fourth-order valence-electron chi connectivity index (χ4n) is 4.07. The van der Waals surface area contributed by atoms with E-state index < -0.39 is 0 Å². The third-order valence-corrected chi connectivity index (χ3v) is 5.88. The average molecular weight is 445 g/mol. The van der Waals surface area contributed by atoms with Gasteiger partial charge in [0.15, 0.2) is 5.65 Å². The summed E-state index contributed by atoms with van der Waals surface area (Å²) in [5.74, 6) is 1.32. The van der Waals surface area contributed by atoms with Crippen molar-refractivity contribution in [1.82, 2.24) is 19.5 Å². The number of aromatic amines is 1. The maximum Gasteiger partial charge on any atom is 0.272 e. The zero-order valence-corrected chi connectivity index (χ0v) is 19.8. The number of hydrogen-bond acceptors (Lipinski definition) is 4. The van der Waals surface area contributed by atoms with Crippen molar-refractivity contribution in [3.63, 3.8) is 0 Å². The van der Waals surface area contributed by atoms with Crippen LogP contribution < -0.4 is 10.3 Å². The number of fused-ring (bicyclic) bond motifs is 1. The number of nitrogens with one attached hydrogen (secondary N) is 1. The van der Waals surface area contributed by atoms with Gasteiger partial charge in [-0.1, -0.05) is 45.0 Å². The minimum absolute atomic E-state index is 0.104. The van der Waals surface area contributed by atoms with Crippen LogP contribution in [0.3, 0.4) is 0 Å². The lowest BCUT2D eigenvalue weighted by Crippen LogP contribution is -2.26. The van der Waals surface area contributed by atoms with E-state index in [2.05, 4.69) is 55.0 Å². The summed E-state index contributed by atoms with van der Waals surface area (Å²) in [4.78, 5) is 19.9. The molecule has 0 amide bonds. The molecule has 2 aromatic heterocycles. The van der Waals surface area contributed by atoms with Crippen molar-refractivity contribution in [3.05, 3.63) is 87.8 Å². The Kier molecular flexibility index (Phi) is 6.94. The third kappa shape index (κ3) is 5.34. The maximum absolute atomic E-state index is 12.8. The lowest BCUT2D eigenvalue weighted by Gasteiger charge is -2.21. The van der Waals surface area contributed by atoms with E-state index in [1.165, 1.54) is 15.6 Å². The Bertz CT molecular complexity index is 1250. The van der Waals surface area contributed by atoms with Crippen molar-refractivity contribution in [1.29, 1.82) is 0 Å². The molecule has 4 rings (SSSR count). The molecule has 0 atom stereocenters. The van der Waals surface area contributed by atoms with Gasteiger partial charge in [0.1, 0.15) is 5.75 Å². The second-order valence-corrected chi connectivity index (χ2v) is 8.78. The van der Waals surface area contributed by atoms with Gasteiger partial charge in [-0.15, -0.1) is 0 Å². The van der Waals surface area contributed by atoms with Gasteiger partial charge in [-0.2, -0.15) is 0 Å². The summed E-state index contributed by atoms with van der Waals surface area (Å²) in [6.45, 7) is 9.00. The quantitative estimate of drug-likeness (QED) is 0.384. The van der Waals surface area contributed by atoms with Gasteiger partial charge in [-0.05, 0) is 59.8 Å². The highest BCUT2D eigenvalue weighted by molar-refractivity contribution is 5.64. The first-order valence-corrected chi connectivity index (χ1v) is 11.5. The van der Waals surface area contributed by atoms with E-state index >= 15 is 0 Å². The Morgan fingerprint density at radius 2 is 1.76 bits per heavy atom. The molecule has 172 valence electrons. The van der Waals surface area contributed by atoms with Crippen LogP contribution >= 0.6 is 0 Å². The van der Waals surface area contributed by atoms with E-state index in [1.807, 2.05) is 30.3 Å². The summed E-state index contributed by atoms with van der Waals surface area (Å²) in [5.41, 5.74) is 5.74. The molecule has 6 heteroatoms. The molecule has 0 unspecified atom stereocenters. The monoisotopic (exact) mass is 444 g/mol. The molecule has 0 radical (unpaired) electrons. The molecule has 0 spiro atoms. The van der Waals surface area contributed by atoms with Crippen molar-refractivity contribution in [3.8, 4) is 17.0 Å². The van der Waals surface area contributed by atoms with E-state index in [9.17, 15) is 4.79 Å². The van der Waals surface area contributed by atoms with Gasteiger partial charge < -0.3 is 4.74 Å². The minimum atomic E-state index is -0.104. The topological polar surface area (TPSA) is 62.6 Å². The van der Waals surface area contributed by atoms with Crippen molar-refractivity contribution < 1.29 is 4.74 Å². The second kappa shape index (κ2) is 10.0. The van der Waals surface area contributed by atoms with Crippen LogP contribution in [0.25, 0.3) is 16.9 Å². The smallest absolute Gasteiger partial charge is 0.272 e. The SMILES string of the molecule is CCCN(Cc1ccc(C(C)C)cc1)Cc1cc(=O)n2[nH]c(-c3ccc(OC)cc3)cc2n1. The zero-order chi connectivity index (χ0) is 23.4. The molecule has 0 aliphatic carbocycles. The number of hydrogen-bond donors (Lipinski definition) is 1. The van der Waals surface area contributed by atoms with Gasteiger partial charge in [0.25, 0.3) is 5.56 Å². The molecule has 0 fully saturated rings. The fourth-order valence-corrected chi connectivity index (χ4v) is 4.07. The molecule has 2 aromatic carbocycles. The molecule has 0 aliphatic heterocycles. The fraction of sp³-hybridized carbons (Fsp3) is 0.333. The van der Waals surface area contributed by atoms with Crippen LogP contribution in [-0.2, 0) is 13.1 Å². The van der Waals surface area contributed by atoms with E-state index in [0.29, 0.717) is 18.1 Å². The first-order valence-electron chi connectivity index (χ1n) is 11.5. The molecular formula is C27H32N4O2. The molecule has 33 heavy (non-hydrogen) atoms. The Labute approximate surface area is 194 Å². The number of benzene rings is 2. The third-order valence-electron chi connectivity index (χ3n) is 5.88. The lowest BCUT2D eigenvalue weighted by atomic mass is 10.0.